The van der Waals surface area contributed by atoms with E-state index in [1.807, 2.05) is 158 Å². The highest BCUT2D eigenvalue weighted by Gasteiger charge is 2.26. The third-order valence-corrected chi connectivity index (χ3v) is 14.2. The van der Waals surface area contributed by atoms with Crippen molar-refractivity contribution in [3.05, 3.63) is 154 Å². The first-order chi connectivity index (χ1) is 38.2. The molecule has 10 rings (SSSR count). The van der Waals surface area contributed by atoms with Crippen molar-refractivity contribution in [3.63, 3.8) is 0 Å². The second-order valence-corrected chi connectivity index (χ2v) is 19.7. The monoisotopic (exact) mass is 1080 g/mol. The van der Waals surface area contributed by atoms with Gasteiger partial charge < -0.3 is 19.7 Å². The summed E-state index contributed by atoms with van der Waals surface area (Å²) in [5.74, 6) is 0.118. The number of aromatic nitrogens is 9. The zero-order chi connectivity index (χ0) is 56.5. The molecule has 7 aromatic heterocycles. The minimum atomic E-state index is -0.462. The topological polar surface area (TPSA) is 201 Å². The number of fused-ring (bicyclic) bond motifs is 3. The van der Waals surface area contributed by atoms with Crippen LogP contribution in [0.1, 0.15) is 101 Å². The molecule has 1 N–H and O–H groups in total. The number of amides is 2. The zero-order valence-electron chi connectivity index (χ0n) is 46.5. The van der Waals surface area contributed by atoms with E-state index in [2.05, 4.69) is 48.4 Å². The maximum Gasteiger partial charge on any atom is 0.338 e. The molecule has 17 nitrogen and oxygen atoms in total. The number of rotatable bonds is 14. The van der Waals surface area contributed by atoms with Crippen LogP contribution in [0.3, 0.4) is 0 Å². The highest BCUT2D eigenvalue weighted by atomic mass is 32.1. The molecule has 0 saturated heterocycles. The van der Waals surface area contributed by atoms with Gasteiger partial charge in [0.2, 0.25) is 0 Å². The Bertz CT molecular complexity index is 3870. The van der Waals surface area contributed by atoms with Gasteiger partial charge in [-0.1, -0.05) is 66.7 Å². The Kier molecular flexibility index (Phi) is 17.7. The van der Waals surface area contributed by atoms with Gasteiger partial charge in [-0.25, -0.2) is 33.8 Å². The Labute approximate surface area is 463 Å². The first-order valence-corrected chi connectivity index (χ1v) is 27.1. The molecule has 0 radical (unpaired) electrons. The molecule has 18 heteroatoms. The fraction of sp³-hybridized carbons (Fsp3) is 0.279. The van der Waals surface area contributed by atoms with Gasteiger partial charge in [-0.3, -0.25) is 9.59 Å². The number of carbonyl (C=O) groups excluding carboxylic acids is 3. The number of thiophene rings is 1. The van der Waals surface area contributed by atoms with Gasteiger partial charge in [0.05, 0.1) is 111 Å². The molecule has 0 unspecified atom stereocenters. The minimum absolute atomic E-state index is 0.0210. The van der Waals surface area contributed by atoms with Gasteiger partial charge in [0.15, 0.2) is 16.9 Å². The largest absolute Gasteiger partial charge is 0.496 e. The van der Waals surface area contributed by atoms with Crippen molar-refractivity contribution in [1.82, 2.24) is 54.5 Å². The molecule has 0 saturated carbocycles. The standard InChI is InChI=1S/C23H24N4OS.C19H18N4O3.C19H22N4O/c1-5-26(6-2)23(28)17-14-18(20-12-9-13-29-20)24-22-21(17)16(4)25-27(22)19-11-8-7-10-15(19)3;1-12-17-14(19(24)26-3)11-15(13-7-4-5-8-16(13)25-2)21-18(17)23(22-12)10-6-9-20;1-5-20-19(24)15-11-16(14-9-7-6-8-10-14)21-18-17(15)13(4)22-23(18)12(2)3/h7-14H,5-6H2,1-4H3;4-5,7-8,11H,6,10H2,1-3H3;6-12H,5H2,1-4H3,(H,20,24). The number of para-hydroxylation sites is 2. The number of nitriles is 1. The van der Waals surface area contributed by atoms with E-state index in [4.69, 9.17) is 34.8 Å². The molecule has 404 valence electrons. The quantitative estimate of drug-likeness (QED) is 0.101. The van der Waals surface area contributed by atoms with Crippen molar-refractivity contribution >= 4 is 62.2 Å². The lowest BCUT2D eigenvalue weighted by Crippen LogP contribution is -2.30. The average molecular weight is 1080 g/mol. The Morgan fingerprint density at radius 3 is 1.97 bits per heavy atom. The molecule has 0 fully saturated rings. The van der Waals surface area contributed by atoms with Gasteiger partial charge >= 0.3 is 5.97 Å². The van der Waals surface area contributed by atoms with Gasteiger partial charge in [0, 0.05) is 36.8 Å². The number of aryl methyl sites for hydroxylation is 5. The number of esters is 1. The summed E-state index contributed by atoms with van der Waals surface area (Å²) in [7, 11) is 2.92. The van der Waals surface area contributed by atoms with E-state index < -0.39 is 5.97 Å². The van der Waals surface area contributed by atoms with E-state index in [-0.39, 0.29) is 17.9 Å². The Balaban J connectivity index is 0.000000157. The number of hydrogen-bond acceptors (Lipinski definition) is 13. The lowest BCUT2D eigenvalue weighted by molar-refractivity contribution is 0.0602. The summed E-state index contributed by atoms with van der Waals surface area (Å²) >= 11 is 1.62. The number of benzene rings is 3. The number of pyridine rings is 3. The average Bonchev–Trinajstić information content (AvgIpc) is 4.39. The maximum atomic E-state index is 13.4. The maximum absolute atomic E-state index is 13.4. The third kappa shape index (κ3) is 11.6. The number of carbonyl (C=O) groups is 3. The third-order valence-electron chi connectivity index (χ3n) is 13.3. The van der Waals surface area contributed by atoms with Gasteiger partial charge in [-0.2, -0.15) is 20.6 Å². The molecule has 0 aliphatic rings. The van der Waals surface area contributed by atoms with Gasteiger partial charge in [0.1, 0.15) is 5.75 Å². The van der Waals surface area contributed by atoms with Gasteiger partial charge in [-0.15, -0.1) is 11.3 Å². The second kappa shape index (κ2) is 24.9. The molecule has 0 aliphatic carbocycles. The van der Waals surface area contributed by atoms with E-state index in [1.54, 1.807) is 29.2 Å². The Hall–Kier alpha value is -9.08. The van der Waals surface area contributed by atoms with Crippen molar-refractivity contribution < 1.29 is 23.9 Å². The van der Waals surface area contributed by atoms with Crippen LogP contribution >= 0.6 is 11.3 Å². The number of nitrogens with one attached hydrogen (secondary N) is 1. The van der Waals surface area contributed by atoms with Crippen molar-refractivity contribution in [2.24, 2.45) is 0 Å². The van der Waals surface area contributed by atoms with Crippen LogP contribution in [-0.4, -0.2) is 101 Å². The summed E-state index contributed by atoms with van der Waals surface area (Å²) in [4.78, 5) is 55.7. The second-order valence-electron chi connectivity index (χ2n) is 18.8. The summed E-state index contributed by atoms with van der Waals surface area (Å²) in [6.07, 6.45) is 0.296. The Morgan fingerprint density at radius 1 is 0.696 bits per heavy atom. The molecular weight excluding hydrogens is 1010 g/mol. The van der Waals surface area contributed by atoms with Gasteiger partial charge in [0.25, 0.3) is 11.8 Å². The highest BCUT2D eigenvalue weighted by Crippen LogP contribution is 2.35. The summed E-state index contributed by atoms with van der Waals surface area (Å²) in [5, 5.41) is 29.9. The van der Waals surface area contributed by atoms with Crippen LogP contribution in [0.5, 0.6) is 5.75 Å². The molecular formula is C61H64N12O5S. The van der Waals surface area contributed by atoms with E-state index in [9.17, 15) is 14.4 Å². The Morgan fingerprint density at radius 2 is 1.32 bits per heavy atom. The van der Waals surface area contributed by atoms with Crippen LogP contribution < -0.4 is 10.1 Å². The van der Waals surface area contributed by atoms with E-state index in [0.29, 0.717) is 77.5 Å². The van der Waals surface area contributed by atoms with Crippen LogP contribution in [0, 0.1) is 39.0 Å². The van der Waals surface area contributed by atoms with Crippen LogP contribution in [0.2, 0.25) is 0 Å². The predicted octanol–water partition coefficient (Wildman–Crippen LogP) is 12.1. The molecule has 3 aromatic carbocycles. The number of methoxy groups -OCH3 is 2. The number of nitrogens with zero attached hydrogens (tertiary/aromatic N) is 11. The summed E-state index contributed by atoms with van der Waals surface area (Å²) < 4.78 is 15.8. The highest BCUT2D eigenvalue weighted by molar-refractivity contribution is 7.13. The first kappa shape index (κ1) is 56.1. The zero-order valence-corrected chi connectivity index (χ0v) is 47.3. The number of hydrogen-bond donors (Lipinski definition) is 1. The lowest BCUT2D eigenvalue weighted by atomic mass is 10.0. The molecule has 0 bridgehead atoms. The fourth-order valence-electron chi connectivity index (χ4n) is 9.45. The first-order valence-electron chi connectivity index (χ1n) is 26.2. The molecule has 0 spiro atoms. The van der Waals surface area contributed by atoms with E-state index >= 15 is 0 Å². The summed E-state index contributed by atoms with van der Waals surface area (Å²) in [5.41, 5.74) is 12.0. The van der Waals surface area contributed by atoms with Crippen molar-refractivity contribution in [2.75, 3.05) is 33.9 Å². The molecule has 7 heterocycles. The van der Waals surface area contributed by atoms with Crippen LogP contribution in [0.4, 0.5) is 0 Å². The van der Waals surface area contributed by atoms with Crippen LogP contribution in [0.15, 0.2) is 115 Å². The van der Waals surface area contributed by atoms with Crippen LogP contribution in [-0.2, 0) is 11.3 Å². The predicted molar refractivity (Wildman–Crippen MR) is 311 cm³/mol. The van der Waals surface area contributed by atoms with Crippen molar-refractivity contribution in [2.45, 2.75) is 81.3 Å². The molecule has 0 atom stereocenters. The molecule has 79 heavy (non-hydrogen) atoms. The van der Waals surface area contributed by atoms with Crippen LogP contribution in [0.25, 0.3) is 71.9 Å². The lowest BCUT2D eigenvalue weighted by Gasteiger charge is -2.19. The molecule has 2 amide bonds. The SMILES string of the molecule is CCN(CC)C(=O)c1cc(-c2cccs2)nc2c1c(C)nn2-c1ccccc1C.CCNC(=O)c1cc(-c2ccccc2)nc2c1c(C)nn2C(C)C.COC(=O)c1cc(-c2ccccc2OC)nc2c1c(C)nn2CCC#N. The van der Waals surface area contributed by atoms with E-state index in [0.717, 1.165) is 72.1 Å². The molecule has 10 aromatic rings. The molecule has 0 aliphatic heterocycles. The van der Waals surface area contributed by atoms with Gasteiger partial charge in [-0.05, 0) is 116 Å². The minimum Gasteiger partial charge on any atom is -0.496 e. The fourth-order valence-corrected chi connectivity index (χ4v) is 10.1. The van der Waals surface area contributed by atoms with Crippen molar-refractivity contribution in [1.29, 1.82) is 5.26 Å². The number of ether oxygens (including phenoxy) is 2. The smallest absolute Gasteiger partial charge is 0.338 e. The summed E-state index contributed by atoms with van der Waals surface area (Å²) in [6, 6.07) is 37.2. The van der Waals surface area contributed by atoms with E-state index in [1.165, 1.54) is 7.11 Å². The summed E-state index contributed by atoms with van der Waals surface area (Å²) in [6.45, 7) is 20.1. The van der Waals surface area contributed by atoms with Crippen molar-refractivity contribution in [3.8, 4) is 50.6 Å². The normalized spacial score (nSPS) is 11.0.